The topological polar surface area (TPSA) is 59.2 Å². The summed E-state index contributed by atoms with van der Waals surface area (Å²) in [6.45, 7) is 3.38. The highest BCUT2D eigenvalue weighted by atomic mass is 35.5. The van der Waals surface area contributed by atoms with E-state index in [1.165, 1.54) is 9.80 Å². The van der Waals surface area contributed by atoms with E-state index in [0.29, 0.717) is 10.7 Å². The number of halogens is 1. The smallest absolute Gasteiger partial charge is 0.292 e. The van der Waals surface area contributed by atoms with Crippen LogP contribution in [-0.2, 0) is 9.59 Å². The van der Waals surface area contributed by atoms with E-state index in [1.807, 2.05) is 18.3 Å². The van der Waals surface area contributed by atoms with E-state index in [4.69, 9.17) is 11.6 Å². The molecule has 0 saturated carbocycles. The van der Waals surface area contributed by atoms with Crippen molar-refractivity contribution >= 4 is 34.9 Å². The molecule has 2 aliphatic rings. The molecule has 2 N–H and O–H groups in total. The molecule has 7 heteroatoms. The van der Waals surface area contributed by atoms with E-state index in [0.717, 1.165) is 32.0 Å². The average molecular weight is 373 g/mol. The van der Waals surface area contributed by atoms with Gasteiger partial charge in [-0.25, -0.2) is 9.88 Å². The van der Waals surface area contributed by atoms with Crippen molar-refractivity contribution < 1.29 is 19.5 Å². The number of benzene rings is 1. The van der Waals surface area contributed by atoms with Gasteiger partial charge in [0.1, 0.15) is 26.2 Å². The van der Waals surface area contributed by atoms with Gasteiger partial charge in [-0.3, -0.25) is 14.5 Å². The quantitative estimate of drug-likeness (QED) is 0.783. The van der Waals surface area contributed by atoms with Gasteiger partial charge in [0.05, 0.1) is 18.3 Å². The van der Waals surface area contributed by atoms with E-state index >= 15 is 0 Å². The number of aromatic amines is 1. The Morgan fingerprint density at radius 1 is 1.04 bits per heavy atom. The maximum absolute atomic E-state index is 12.9. The van der Waals surface area contributed by atoms with Crippen molar-refractivity contribution in [2.24, 2.45) is 0 Å². The van der Waals surface area contributed by atoms with Gasteiger partial charge in [0.15, 0.2) is 6.04 Å². The summed E-state index contributed by atoms with van der Waals surface area (Å²) in [4.78, 5) is 33.4. The highest BCUT2D eigenvalue weighted by Crippen LogP contribution is 2.23. The molecular weight excluding hydrogens is 352 g/mol. The van der Waals surface area contributed by atoms with Crippen LogP contribution >= 0.6 is 11.6 Å². The molecule has 0 unspecified atom stereocenters. The highest BCUT2D eigenvalue weighted by Gasteiger charge is 2.47. The molecule has 26 heavy (non-hydrogen) atoms. The number of pyridine rings is 1. The minimum atomic E-state index is -0.292. The molecule has 0 bridgehead atoms. The summed E-state index contributed by atoms with van der Waals surface area (Å²) in [6, 6.07) is 12.6. The molecule has 2 aromatic rings. The van der Waals surface area contributed by atoms with E-state index in [1.54, 1.807) is 24.3 Å². The number of nitrogens with zero attached hydrogens (tertiary/aromatic N) is 2. The Morgan fingerprint density at radius 2 is 1.77 bits per heavy atom. The number of H-pyrrole nitrogens is 1. The Hall–Kier alpha value is -2.44. The lowest BCUT2D eigenvalue weighted by Gasteiger charge is -2.31. The lowest BCUT2D eigenvalue weighted by molar-refractivity contribution is -0.915. The first-order valence-corrected chi connectivity index (χ1v) is 9.20. The van der Waals surface area contributed by atoms with Crippen molar-refractivity contribution in [3.05, 3.63) is 53.7 Å². The third-order valence-electron chi connectivity index (χ3n) is 5.16. The Labute approximate surface area is 157 Å². The van der Waals surface area contributed by atoms with Gasteiger partial charge in [-0.2, -0.15) is 0 Å². The summed E-state index contributed by atoms with van der Waals surface area (Å²) in [5.74, 6) is 0.851. The number of carbonyl (C=O) groups is 2. The van der Waals surface area contributed by atoms with Crippen LogP contribution in [0.5, 0.6) is 0 Å². The number of quaternary nitrogens is 1. The van der Waals surface area contributed by atoms with Crippen LogP contribution in [0.3, 0.4) is 0 Å². The molecule has 1 aromatic carbocycles. The average Bonchev–Trinajstić information content (AvgIpc) is 2.98. The summed E-state index contributed by atoms with van der Waals surface area (Å²) in [6.07, 6.45) is 2.19. The molecule has 4 rings (SSSR count). The molecule has 1 atom stereocenters. The second-order valence-electron chi connectivity index (χ2n) is 6.69. The molecule has 2 amide bonds. The van der Waals surface area contributed by atoms with Gasteiger partial charge in [0.2, 0.25) is 5.91 Å². The fourth-order valence-corrected chi connectivity index (χ4v) is 3.90. The molecule has 2 saturated heterocycles. The van der Waals surface area contributed by atoms with Gasteiger partial charge < -0.3 is 4.90 Å². The molecular formula is C19H21ClN4O2+2. The summed E-state index contributed by atoms with van der Waals surface area (Å²) in [5.41, 5.74) is 0.601. The Kier molecular flexibility index (Phi) is 4.61. The molecule has 1 aromatic heterocycles. The number of nitrogens with one attached hydrogen (secondary N) is 2. The highest BCUT2D eigenvalue weighted by molar-refractivity contribution is 6.30. The monoisotopic (exact) mass is 372 g/mol. The molecule has 6 nitrogen and oxygen atoms in total. The first-order chi connectivity index (χ1) is 12.6. The lowest BCUT2D eigenvalue weighted by Crippen LogP contribution is -3.19. The number of piperazine rings is 1. The summed E-state index contributed by atoms with van der Waals surface area (Å²) in [5, 5.41) is 0.587. The number of anilines is 2. The molecule has 3 heterocycles. The van der Waals surface area contributed by atoms with Crippen molar-refractivity contribution in [1.29, 1.82) is 0 Å². The fraction of sp³-hybridized carbons (Fsp3) is 0.316. The number of hydrogen-bond acceptors (Lipinski definition) is 3. The number of hydrogen-bond donors (Lipinski definition) is 1. The van der Waals surface area contributed by atoms with Crippen molar-refractivity contribution in [3.63, 3.8) is 0 Å². The van der Waals surface area contributed by atoms with E-state index < -0.39 is 0 Å². The maximum Gasteiger partial charge on any atom is 0.292 e. The summed E-state index contributed by atoms with van der Waals surface area (Å²) >= 11 is 5.91. The molecule has 2 aliphatic heterocycles. The van der Waals surface area contributed by atoms with Gasteiger partial charge in [0.25, 0.3) is 11.7 Å². The Balaban J connectivity index is 1.44. The second-order valence-corrected chi connectivity index (χ2v) is 7.13. The van der Waals surface area contributed by atoms with Gasteiger partial charge in [-0.15, -0.1) is 0 Å². The van der Waals surface area contributed by atoms with Gasteiger partial charge in [-0.05, 0) is 30.3 Å². The standard InChI is InChI=1S/C19H19ClN4O2/c20-14-4-6-15(7-5-14)24-18(25)13-16(19(24)26)22-9-11-23(12-10-22)17-3-1-2-8-21-17/h1-8,16H,9-13H2/p+2/t16-/m0/s1. The molecule has 0 aliphatic carbocycles. The third-order valence-corrected chi connectivity index (χ3v) is 5.42. The number of rotatable bonds is 3. The Bertz CT molecular complexity index is 804. The molecule has 0 spiro atoms. The molecule has 0 radical (unpaired) electrons. The largest absolute Gasteiger partial charge is 0.318 e. The van der Waals surface area contributed by atoms with Crippen molar-refractivity contribution in [1.82, 2.24) is 0 Å². The summed E-state index contributed by atoms with van der Waals surface area (Å²) in [7, 11) is 0. The first kappa shape index (κ1) is 17.0. The van der Waals surface area contributed by atoms with Crippen molar-refractivity contribution in [3.8, 4) is 0 Å². The van der Waals surface area contributed by atoms with E-state index in [2.05, 4.69) is 16.0 Å². The van der Waals surface area contributed by atoms with Crippen LogP contribution in [-0.4, -0.2) is 44.0 Å². The Morgan fingerprint density at radius 3 is 2.42 bits per heavy atom. The van der Waals surface area contributed by atoms with Gasteiger partial charge in [0, 0.05) is 11.1 Å². The maximum atomic E-state index is 12.9. The SMILES string of the molecule is O=C1C[C@H]([NH+]2CCN(c3cccc[nH+]3)CC2)C(=O)N1c1ccc(Cl)cc1. The predicted molar refractivity (Wildman–Crippen MR) is 98.3 cm³/mol. The number of imide groups is 1. The normalized spacial score (nSPS) is 21.5. The van der Waals surface area contributed by atoms with Gasteiger partial charge in [-0.1, -0.05) is 17.7 Å². The van der Waals surface area contributed by atoms with E-state index in [9.17, 15) is 9.59 Å². The number of aromatic nitrogens is 1. The van der Waals surface area contributed by atoms with Crippen LogP contribution in [0.4, 0.5) is 11.5 Å². The van der Waals surface area contributed by atoms with E-state index in [-0.39, 0.29) is 24.3 Å². The minimum Gasteiger partial charge on any atom is -0.318 e. The second kappa shape index (κ2) is 7.05. The number of amides is 2. The van der Waals surface area contributed by atoms with Crippen molar-refractivity contribution in [2.75, 3.05) is 36.0 Å². The summed E-state index contributed by atoms with van der Waals surface area (Å²) < 4.78 is 0. The zero-order chi connectivity index (χ0) is 18.1. The third kappa shape index (κ3) is 3.18. The zero-order valence-corrected chi connectivity index (χ0v) is 15.1. The minimum absolute atomic E-state index is 0.105. The van der Waals surface area contributed by atoms with Gasteiger partial charge >= 0.3 is 0 Å². The van der Waals surface area contributed by atoms with Crippen molar-refractivity contribution in [2.45, 2.75) is 12.5 Å². The molecule has 2 fully saturated rings. The predicted octanol–water partition coefficient (Wildman–Crippen LogP) is 0.191. The van der Waals surface area contributed by atoms with Crippen LogP contribution < -0.4 is 19.7 Å². The van der Waals surface area contributed by atoms with Crippen LogP contribution in [0.2, 0.25) is 5.02 Å². The zero-order valence-electron chi connectivity index (χ0n) is 14.3. The first-order valence-electron chi connectivity index (χ1n) is 8.82. The van der Waals surface area contributed by atoms with Crippen LogP contribution in [0.15, 0.2) is 48.7 Å². The van der Waals surface area contributed by atoms with Crippen LogP contribution in [0.25, 0.3) is 0 Å². The fourth-order valence-electron chi connectivity index (χ4n) is 3.78. The van der Waals surface area contributed by atoms with Crippen LogP contribution in [0, 0.1) is 0 Å². The molecule has 134 valence electrons. The lowest BCUT2D eigenvalue weighted by atomic mass is 10.1. The van der Waals surface area contributed by atoms with Crippen LogP contribution in [0.1, 0.15) is 6.42 Å². The number of carbonyl (C=O) groups excluding carboxylic acids is 2.